The Morgan fingerprint density at radius 2 is 0.874 bits per heavy atom. The van der Waals surface area contributed by atoms with E-state index >= 15 is 0 Å². The molecule has 5 aromatic rings. The molecule has 3 aliphatic rings. The molecule has 0 saturated carbocycles. The molecule has 0 N–H and O–H groups in total. The molecule has 39 heteroatoms. The Labute approximate surface area is 567 Å². The van der Waals surface area contributed by atoms with Gasteiger partial charge in [0, 0.05) is 50.2 Å². The zero-order chi connectivity index (χ0) is 71.5. The number of halogens is 10. The Balaban J connectivity index is 0.000000237. The minimum absolute atomic E-state index is 0.0294. The standard InChI is InChI=1S/C21H32BF2N3O6.C15H20BrF2N3O4.C13H13ClF2N6O.C7H8Cl2N4O/c1-18(2,3)30-16(28)27(17(29)31-19(4,5)6)15-25-11-12(13(26-15)14(23)24)22-32-20(7,8)21(9,10)33-22;1-14(2,3)24-12(22)21(13(23)25-15(4,5)6)11-19-7-8(16)9(20-11)10(17)18;1-7-17-6-8(9(18-7)10(15)16)11-19-12(14)21-13(20-11)22-2-4-23-5-3-22;8-5-10-6(9)12-7(11-5)13-1-3-14-4-2-13/h11,14H,1-10H3;7,10H,1-6H3;6,10H,2-5H2,1H3;1-4H2. The van der Waals surface area contributed by atoms with Crippen LogP contribution in [0.2, 0.25) is 15.9 Å². The van der Waals surface area contributed by atoms with Crippen LogP contribution in [0.15, 0.2) is 23.1 Å². The molecule has 5 aromatic heterocycles. The Hall–Kier alpha value is -6.83. The van der Waals surface area contributed by atoms with Crippen molar-refractivity contribution in [2.24, 2.45) is 0 Å². The van der Waals surface area contributed by atoms with Crippen LogP contribution in [0.3, 0.4) is 0 Å². The first-order chi connectivity index (χ1) is 43.7. The molecule has 8 heterocycles. The van der Waals surface area contributed by atoms with Gasteiger partial charge in [-0.1, -0.05) is 0 Å². The van der Waals surface area contributed by atoms with Gasteiger partial charge in [0.25, 0.3) is 19.3 Å². The molecular formula is C56H73BBrCl3F6N16O12. The van der Waals surface area contributed by atoms with Crippen LogP contribution in [0.5, 0.6) is 0 Å². The van der Waals surface area contributed by atoms with E-state index in [1.165, 1.54) is 13.1 Å². The summed E-state index contributed by atoms with van der Waals surface area (Å²) in [4.78, 5) is 102. The lowest BCUT2D eigenvalue weighted by Crippen LogP contribution is -2.45. The lowest BCUT2D eigenvalue weighted by molar-refractivity contribution is 0.00578. The predicted octanol–water partition coefficient (Wildman–Crippen LogP) is 12.3. The van der Waals surface area contributed by atoms with Crippen molar-refractivity contribution >= 4 is 111 Å². The lowest BCUT2D eigenvalue weighted by atomic mass is 9.79. The summed E-state index contributed by atoms with van der Waals surface area (Å²) in [5, 5.41) is 0.162. The van der Waals surface area contributed by atoms with Crippen molar-refractivity contribution in [3.8, 4) is 11.4 Å². The number of imide groups is 2. The monoisotopic (exact) mass is 1470 g/mol. The van der Waals surface area contributed by atoms with Gasteiger partial charge >= 0.3 is 31.5 Å². The van der Waals surface area contributed by atoms with Crippen molar-refractivity contribution in [2.45, 2.75) is 171 Å². The topological polar surface area (TPSA) is 310 Å². The van der Waals surface area contributed by atoms with E-state index in [9.17, 15) is 45.5 Å². The number of carbonyl (C=O) groups excluding carboxylic acids is 4. The van der Waals surface area contributed by atoms with E-state index in [-0.39, 0.29) is 43.0 Å². The normalized spacial score (nSPS) is 15.6. The molecule has 8 rings (SSSR count). The minimum atomic E-state index is -3.07. The third kappa shape index (κ3) is 23.8. The second-order valence-corrected chi connectivity index (χ2v) is 27.2. The number of hydrogen-bond donors (Lipinski definition) is 0. The number of anilines is 4. The molecule has 4 amide bonds. The molecular weight excluding hydrogens is 1400 g/mol. The number of morpholine rings is 2. The van der Waals surface area contributed by atoms with Crippen molar-refractivity contribution in [1.29, 1.82) is 0 Å². The molecule has 0 aliphatic carbocycles. The van der Waals surface area contributed by atoms with E-state index in [0.29, 0.717) is 61.2 Å². The Kier molecular flexibility index (Phi) is 27.0. The van der Waals surface area contributed by atoms with E-state index in [4.69, 9.17) is 72.5 Å². The van der Waals surface area contributed by atoms with Crippen molar-refractivity contribution < 1.29 is 83.3 Å². The molecule has 0 radical (unpaired) electrons. The molecule has 0 aromatic carbocycles. The van der Waals surface area contributed by atoms with Crippen LogP contribution < -0.4 is 25.1 Å². The second kappa shape index (κ2) is 32.5. The van der Waals surface area contributed by atoms with Gasteiger partial charge < -0.3 is 47.5 Å². The number of nitrogens with zero attached hydrogens (tertiary/aromatic N) is 16. The lowest BCUT2D eigenvalue weighted by Gasteiger charge is -2.32. The largest absolute Gasteiger partial charge is 0.498 e. The molecule has 3 fully saturated rings. The Morgan fingerprint density at radius 3 is 1.25 bits per heavy atom. The quantitative estimate of drug-likeness (QED) is 0.0752. The summed E-state index contributed by atoms with van der Waals surface area (Å²) in [5.41, 5.74) is -7.28. The summed E-state index contributed by atoms with van der Waals surface area (Å²) in [6.45, 7) is 32.8. The second-order valence-electron chi connectivity index (χ2n) is 25.3. The smallest absolute Gasteiger partial charge is 0.443 e. The number of alkyl halides is 6. The molecule has 0 unspecified atom stereocenters. The maximum absolute atomic E-state index is 14.0. The fourth-order valence-electron chi connectivity index (χ4n) is 7.58. The van der Waals surface area contributed by atoms with E-state index in [1.54, 1.807) is 111 Å². The number of ether oxygens (including phenoxy) is 6. The van der Waals surface area contributed by atoms with Gasteiger partial charge in [0.05, 0.1) is 47.7 Å². The fraction of sp³-hybridized carbons (Fsp3) is 0.607. The summed E-state index contributed by atoms with van der Waals surface area (Å²) >= 11 is 20.2. The van der Waals surface area contributed by atoms with Crippen LogP contribution in [-0.4, -0.2) is 178 Å². The summed E-state index contributed by atoms with van der Waals surface area (Å²) in [6, 6.07) is 0. The van der Waals surface area contributed by atoms with Gasteiger partial charge in [0.15, 0.2) is 5.82 Å². The van der Waals surface area contributed by atoms with Crippen LogP contribution in [-0.2, 0) is 37.7 Å². The molecule has 95 heavy (non-hydrogen) atoms. The van der Waals surface area contributed by atoms with Gasteiger partial charge in [-0.25, -0.2) is 75.4 Å². The number of carbonyl (C=O) groups is 4. The van der Waals surface area contributed by atoms with Crippen LogP contribution in [0.1, 0.15) is 153 Å². The first-order valence-electron chi connectivity index (χ1n) is 28.8. The number of rotatable bonds is 9. The average molecular weight is 1470 g/mol. The van der Waals surface area contributed by atoms with Crippen molar-refractivity contribution in [3.63, 3.8) is 0 Å². The van der Waals surface area contributed by atoms with E-state index in [2.05, 4.69) is 75.7 Å². The van der Waals surface area contributed by atoms with Crippen LogP contribution in [0.25, 0.3) is 11.4 Å². The van der Waals surface area contributed by atoms with Gasteiger partial charge in [0.1, 0.15) is 45.3 Å². The van der Waals surface area contributed by atoms with Gasteiger partial charge in [-0.05, 0) is 168 Å². The van der Waals surface area contributed by atoms with Crippen LogP contribution >= 0.6 is 50.7 Å². The number of aromatic nitrogens is 12. The van der Waals surface area contributed by atoms with Gasteiger partial charge in [-0.2, -0.15) is 29.9 Å². The summed E-state index contributed by atoms with van der Waals surface area (Å²) in [7, 11) is -1.16. The number of aryl methyl sites for hydroxylation is 1. The zero-order valence-electron chi connectivity index (χ0n) is 55.0. The first-order valence-corrected chi connectivity index (χ1v) is 30.8. The molecule has 0 spiro atoms. The third-order valence-corrected chi connectivity index (χ3v) is 13.5. The predicted molar refractivity (Wildman–Crippen MR) is 339 cm³/mol. The van der Waals surface area contributed by atoms with Gasteiger partial charge in [-0.15, -0.1) is 9.80 Å². The van der Waals surface area contributed by atoms with E-state index in [0.717, 1.165) is 25.5 Å². The fourth-order valence-corrected chi connectivity index (χ4v) is 8.45. The summed E-state index contributed by atoms with van der Waals surface area (Å²) in [5.74, 6) is -0.0714. The molecule has 0 atom stereocenters. The highest BCUT2D eigenvalue weighted by atomic mass is 79.9. The molecule has 522 valence electrons. The van der Waals surface area contributed by atoms with Crippen LogP contribution in [0.4, 0.5) is 69.3 Å². The summed E-state index contributed by atoms with van der Waals surface area (Å²) in [6.07, 6.45) is -10.0. The SMILES string of the molecule is CC(C)(C)OC(=O)N(C(=O)OC(C)(C)C)c1ncc(B2OC(C)(C)C(C)(C)O2)c(C(F)F)n1.CC(C)(C)OC(=O)N(C(=O)OC(C)(C)C)c1ncc(Br)c(C(F)F)n1.Cc1ncc(-c2nc(Cl)nc(N3CCOCC3)n2)c(C(F)F)n1.Clc1nc(Cl)nc(N2CCOCC2)n1. The Bertz CT molecular complexity index is 3400. The molecule has 0 bridgehead atoms. The maximum atomic E-state index is 14.0. The maximum Gasteiger partial charge on any atom is 0.498 e. The van der Waals surface area contributed by atoms with E-state index < -0.39 is 113 Å². The van der Waals surface area contributed by atoms with Crippen molar-refractivity contribution in [2.75, 3.05) is 72.2 Å². The third-order valence-electron chi connectivity index (χ3n) is 12.4. The minimum Gasteiger partial charge on any atom is -0.443 e. The molecule has 3 aliphatic heterocycles. The van der Waals surface area contributed by atoms with E-state index in [1.807, 2.05) is 9.80 Å². The van der Waals surface area contributed by atoms with Gasteiger partial charge in [0.2, 0.25) is 39.6 Å². The van der Waals surface area contributed by atoms with Crippen LogP contribution in [0, 0.1) is 6.92 Å². The Morgan fingerprint density at radius 1 is 0.516 bits per heavy atom. The highest BCUT2D eigenvalue weighted by Crippen LogP contribution is 2.38. The number of amides is 4. The van der Waals surface area contributed by atoms with Gasteiger partial charge in [-0.3, -0.25) is 0 Å². The highest BCUT2D eigenvalue weighted by molar-refractivity contribution is 9.10. The molecule has 3 saturated heterocycles. The zero-order valence-corrected chi connectivity index (χ0v) is 58.9. The average Bonchev–Trinajstić information content (AvgIpc) is 1.64. The first kappa shape index (κ1) is 78.9. The highest BCUT2D eigenvalue weighted by Gasteiger charge is 2.53. The van der Waals surface area contributed by atoms with Crippen molar-refractivity contribution in [1.82, 2.24) is 59.8 Å². The van der Waals surface area contributed by atoms with Crippen molar-refractivity contribution in [3.05, 3.63) is 61.8 Å². The number of hydrogen-bond acceptors (Lipinski definition) is 26. The molecule has 28 nitrogen and oxygen atoms in total. The summed E-state index contributed by atoms with van der Waals surface area (Å²) < 4.78 is 123.